The first-order valence-corrected chi connectivity index (χ1v) is 5.06. The van der Waals surface area contributed by atoms with Crippen LogP contribution in [0.25, 0.3) is 0 Å². The number of aromatic nitrogens is 2. The molecule has 4 heteroatoms. The van der Waals surface area contributed by atoms with Gasteiger partial charge >= 0.3 is 0 Å². The fourth-order valence-electron chi connectivity index (χ4n) is 1.89. The Hall–Kier alpha value is -1.16. The second kappa shape index (κ2) is 4.37. The lowest BCUT2D eigenvalue weighted by molar-refractivity contribution is 0.239. The zero-order valence-electron chi connectivity index (χ0n) is 8.13. The van der Waals surface area contributed by atoms with E-state index in [1.807, 2.05) is 0 Å². The molecule has 1 fully saturated rings. The van der Waals surface area contributed by atoms with Gasteiger partial charge in [0.1, 0.15) is 0 Å². The maximum atomic E-state index is 9.23. The third-order valence-electron chi connectivity index (χ3n) is 2.65. The third-order valence-corrected chi connectivity index (χ3v) is 2.65. The van der Waals surface area contributed by atoms with Crippen molar-refractivity contribution in [3.05, 3.63) is 18.5 Å². The highest BCUT2D eigenvalue weighted by molar-refractivity contribution is 5.31. The van der Waals surface area contributed by atoms with Gasteiger partial charge in [0, 0.05) is 18.9 Å². The second-order valence-electron chi connectivity index (χ2n) is 3.57. The summed E-state index contributed by atoms with van der Waals surface area (Å²) in [6.45, 7) is 1.15. The average Bonchev–Trinajstić information content (AvgIpc) is 2.30. The van der Waals surface area contributed by atoms with Crippen molar-refractivity contribution in [2.45, 2.75) is 25.3 Å². The molecule has 1 aromatic rings. The highest BCUT2D eigenvalue weighted by Crippen LogP contribution is 2.20. The van der Waals surface area contributed by atoms with E-state index in [0.717, 1.165) is 25.3 Å². The Morgan fingerprint density at radius 1 is 1.36 bits per heavy atom. The van der Waals surface area contributed by atoms with Crippen LogP contribution in [0, 0.1) is 0 Å². The summed E-state index contributed by atoms with van der Waals surface area (Å²) in [5, 5.41) is 9.23. The first kappa shape index (κ1) is 9.40. The summed E-state index contributed by atoms with van der Waals surface area (Å²) < 4.78 is 0. The van der Waals surface area contributed by atoms with Crippen LogP contribution in [0.2, 0.25) is 0 Å². The van der Waals surface area contributed by atoms with E-state index in [1.165, 1.54) is 6.42 Å². The molecule has 0 bridgehead atoms. The average molecular weight is 193 g/mol. The Morgan fingerprint density at radius 3 is 2.86 bits per heavy atom. The van der Waals surface area contributed by atoms with Crippen molar-refractivity contribution in [2.24, 2.45) is 0 Å². The molecule has 14 heavy (non-hydrogen) atoms. The van der Waals surface area contributed by atoms with Crippen LogP contribution in [-0.4, -0.2) is 34.3 Å². The quantitative estimate of drug-likeness (QED) is 0.755. The molecule has 0 spiro atoms. The first-order valence-electron chi connectivity index (χ1n) is 5.06. The van der Waals surface area contributed by atoms with Gasteiger partial charge in [-0.25, -0.2) is 9.97 Å². The van der Waals surface area contributed by atoms with Gasteiger partial charge < -0.3 is 10.0 Å². The Balaban J connectivity index is 2.15. The van der Waals surface area contributed by atoms with E-state index in [0.29, 0.717) is 0 Å². The number of hydrogen-bond acceptors (Lipinski definition) is 4. The minimum Gasteiger partial charge on any atom is -0.394 e. The molecule has 2 rings (SSSR count). The van der Waals surface area contributed by atoms with Gasteiger partial charge in [-0.2, -0.15) is 0 Å². The first-order chi connectivity index (χ1) is 6.92. The smallest absolute Gasteiger partial charge is 0.225 e. The molecule has 1 atom stereocenters. The monoisotopic (exact) mass is 193 g/mol. The molecule has 0 aromatic carbocycles. The molecule has 4 nitrogen and oxygen atoms in total. The summed E-state index contributed by atoms with van der Waals surface area (Å²) in [6, 6.07) is 2.01. The predicted octanol–water partition coefficient (Wildman–Crippen LogP) is 0.828. The number of hydrogen-bond donors (Lipinski definition) is 1. The summed E-state index contributed by atoms with van der Waals surface area (Å²) in [7, 11) is 0. The van der Waals surface area contributed by atoms with Crippen LogP contribution in [0.15, 0.2) is 18.5 Å². The molecule has 0 amide bonds. The van der Waals surface area contributed by atoms with Crippen LogP contribution >= 0.6 is 0 Å². The zero-order chi connectivity index (χ0) is 9.80. The molecule has 1 unspecified atom stereocenters. The minimum atomic E-state index is 0.193. The molecule has 0 radical (unpaired) electrons. The summed E-state index contributed by atoms with van der Waals surface area (Å²) in [5.74, 6) is 0.742. The van der Waals surface area contributed by atoms with Gasteiger partial charge in [-0.15, -0.1) is 0 Å². The summed E-state index contributed by atoms with van der Waals surface area (Å²) >= 11 is 0. The lowest BCUT2D eigenvalue weighted by Crippen LogP contribution is -2.42. The van der Waals surface area contributed by atoms with E-state index < -0.39 is 0 Å². The van der Waals surface area contributed by atoms with Gasteiger partial charge in [0.15, 0.2) is 0 Å². The van der Waals surface area contributed by atoms with Crippen LogP contribution in [0.4, 0.5) is 5.95 Å². The van der Waals surface area contributed by atoms with Crippen molar-refractivity contribution in [2.75, 3.05) is 18.1 Å². The van der Waals surface area contributed by atoms with Crippen molar-refractivity contribution in [3.63, 3.8) is 0 Å². The van der Waals surface area contributed by atoms with E-state index in [9.17, 15) is 5.11 Å². The van der Waals surface area contributed by atoms with Crippen molar-refractivity contribution in [1.82, 2.24) is 9.97 Å². The van der Waals surface area contributed by atoms with Gasteiger partial charge in [0.25, 0.3) is 0 Å². The number of anilines is 1. The SMILES string of the molecule is OCC1CCCCN1c1ncccn1. The van der Waals surface area contributed by atoms with Gasteiger partial charge in [-0.3, -0.25) is 0 Å². The molecular weight excluding hydrogens is 178 g/mol. The number of nitrogens with zero attached hydrogens (tertiary/aromatic N) is 3. The molecule has 1 N–H and O–H groups in total. The Labute approximate surface area is 83.6 Å². The molecule has 1 aliphatic heterocycles. The molecule has 1 aliphatic rings. The van der Waals surface area contributed by atoms with E-state index in [-0.39, 0.29) is 12.6 Å². The van der Waals surface area contributed by atoms with Crippen molar-refractivity contribution < 1.29 is 5.11 Å². The van der Waals surface area contributed by atoms with E-state index in [4.69, 9.17) is 0 Å². The van der Waals surface area contributed by atoms with Crippen LogP contribution in [-0.2, 0) is 0 Å². The van der Waals surface area contributed by atoms with Crippen LogP contribution in [0.5, 0.6) is 0 Å². The van der Waals surface area contributed by atoms with Gasteiger partial charge in [-0.05, 0) is 25.3 Å². The number of aliphatic hydroxyl groups is 1. The maximum absolute atomic E-state index is 9.23. The molecule has 1 saturated heterocycles. The Kier molecular flexibility index (Phi) is 2.93. The zero-order valence-corrected chi connectivity index (χ0v) is 8.13. The fraction of sp³-hybridized carbons (Fsp3) is 0.600. The second-order valence-corrected chi connectivity index (χ2v) is 3.57. The summed E-state index contributed by atoms with van der Waals surface area (Å²) in [4.78, 5) is 10.5. The molecule has 76 valence electrons. The van der Waals surface area contributed by atoms with Gasteiger partial charge in [0.2, 0.25) is 5.95 Å². The predicted molar refractivity (Wildman–Crippen MR) is 54.1 cm³/mol. The summed E-state index contributed by atoms with van der Waals surface area (Å²) in [5.41, 5.74) is 0. The molecule has 0 saturated carbocycles. The highest BCUT2D eigenvalue weighted by Gasteiger charge is 2.23. The Morgan fingerprint density at radius 2 is 2.14 bits per heavy atom. The van der Waals surface area contributed by atoms with E-state index >= 15 is 0 Å². The standard InChI is InChI=1S/C10H15N3O/c14-8-9-4-1-2-7-13(9)10-11-5-3-6-12-10/h3,5-6,9,14H,1-2,4,7-8H2. The van der Waals surface area contributed by atoms with Crippen LogP contribution < -0.4 is 4.90 Å². The number of aliphatic hydroxyl groups excluding tert-OH is 1. The third kappa shape index (κ3) is 1.85. The van der Waals surface area contributed by atoms with Crippen molar-refractivity contribution >= 4 is 5.95 Å². The molecular formula is C10H15N3O. The highest BCUT2D eigenvalue weighted by atomic mass is 16.3. The normalized spacial score (nSPS) is 22.4. The van der Waals surface area contributed by atoms with Crippen molar-refractivity contribution in [3.8, 4) is 0 Å². The van der Waals surface area contributed by atoms with Gasteiger partial charge in [0.05, 0.1) is 12.6 Å². The number of rotatable bonds is 2. The molecule has 0 aliphatic carbocycles. The van der Waals surface area contributed by atoms with Crippen LogP contribution in [0.1, 0.15) is 19.3 Å². The lowest BCUT2D eigenvalue weighted by Gasteiger charge is -2.34. The Bertz CT molecular complexity index is 278. The minimum absolute atomic E-state index is 0.193. The van der Waals surface area contributed by atoms with Crippen LogP contribution in [0.3, 0.4) is 0 Å². The number of piperidine rings is 1. The summed E-state index contributed by atoms with van der Waals surface area (Å²) in [6.07, 6.45) is 6.87. The largest absolute Gasteiger partial charge is 0.394 e. The van der Waals surface area contributed by atoms with Crippen molar-refractivity contribution in [1.29, 1.82) is 0 Å². The van der Waals surface area contributed by atoms with E-state index in [1.54, 1.807) is 18.5 Å². The maximum Gasteiger partial charge on any atom is 0.225 e. The molecule has 2 heterocycles. The lowest BCUT2D eigenvalue weighted by atomic mass is 10.0. The topological polar surface area (TPSA) is 49.2 Å². The molecule has 1 aromatic heterocycles. The van der Waals surface area contributed by atoms with Gasteiger partial charge in [-0.1, -0.05) is 0 Å². The van der Waals surface area contributed by atoms with E-state index in [2.05, 4.69) is 14.9 Å². The fourth-order valence-corrected chi connectivity index (χ4v) is 1.89.